The summed E-state index contributed by atoms with van der Waals surface area (Å²) in [6.45, 7) is 2.55. The molecular formula is C10H13N3OS. The van der Waals surface area contributed by atoms with Crippen LogP contribution in [0.5, 0.6) is 0 Å². The maximum absolute atomic E-state index is 11.7. The number of nitrogens with two attached hydrogens (primary N) is 1. The Hall–Kier alpha value is -1.49. The molecule has 0 atom stereocenters. The Morgan fingerprint density at radius 1 is 1.60 bits per heavy atom. The van der Waals surface area contributed by atoms with Gasteiger partial charge in [0.1, 0.15) is 10.7 Å². The summed E-state index contributed by atoms with van der Waals surface area (Å²) >= 11 is 4.79. The van der Waals surface area contributed by atoms with Gasteiger partial charge in [-0.1, -0.05) is 12.2 Å². The maximum atomic E-state index is 11.7. The predicted molar refractivity (Wildman–Crippen MR) is 62.8 cm³/mol. The second-order valence-electron chi connectivity index (χ2n) is 3.12. The summed E-state index contributed by atoms with van der Waals surface area (Å²) in [4.78, 5) is 17.5. The lowest BCUT2D eigenvalue weighted by atomic mass is 10.2. The lowest BCUT2D eigenvalue weighted by Gasteiger charge is -2.13. The van der Waals surface area contributed by atoms with Gasteiger partial charge >= 0.3 is 0 Å². The first-order chi connectivity index (χ1) is 7.06. The number of nitrogens with zero attached hydrogens (tertiary/aromatic N) is 2. The Labute approximate surface area is 94.1 Å². The molecule has 0 aromatic carbocycles. The number of hydrogen-bond donors (Lipinski definition) is 1. The van der Waals surface area contributed by atoms with Crippen molar-refractivity contribution in [2.24, 2.45) is 5.73 Å². The van der Waals surface area contributed by atoms with Crippen molar-refractivity contribution in [2.75, 3.05) is 13.6 Å². The van der Waals surface area contributed by atoms with E-state index in [4.69, 9.17) is 18.0 Å². The lowest BCUT2D eigenvalue weighted by molar-refractivity contribution is 0.0796. The summed E-state index contributed by atoms with van der Waals surface area (Å²) in [5.74, 6) is -0.105. The number of thiocarbonyl (C=S) groups is 1. The number of aromatic nitrogens is 1. The standard InChI is InChI=1S/C10H13N3OS/c1-3-13(2)10(14)8-5-4-7(6-12-8)9(11)15/h4-6H,3H2,1-2H3,(H2,11,15). The molecule has 5 heteroatoms. The number of hydrogen-bond acceptors (Lipinski definition) is 3. The van der Waals surface area contributed by atoms with E-state index in [2.05, 4.69) is 4.98 Å². The number of rotatable bonds is 3. The van der Waals surface area contributed by atoms with E-state index < -0.39 is 0 Å². The lowest BCUT2D eigenvalue weighted by Crippen LogP contribution is -2.27. The molecule has 4 nitrogen and oxygen atoms in total. The van der Waals surface area contributed by atoms with Gasteiger partial charge in [-0.2, -0.15) is 0 Å². The number of carbonyl (C=O) groups is 1. The molecule has 1 aromatic heterocycles. The average molecular weight is 223 g/mol. The molecule has 80 valence electrons. The van der Waals surface area contributed by atoms with Crippen molar-refractivity contribution >= 4 is 23.1 Å². The van der Waals surface area contributed by atoms with Gasteiger partial charge in [0.2, 0.25) is 0 Å². The summed E-state index contributed by atoms with van der Waals surface area (Å²) < 4.78 is 0. The van der Waals surface area contributed by atoms with Crippen LogP contribution < -0.4 is 5.73 Å². The second-order valence-corrected chi connectivity index (χ2v) is 3.56. The summed E-state index contributed by atoms with van der Waals surface area (Å²) in [6, 6.07) is 3.33. The van der Waals surface area contributed by atoms with Gasteiger partial charge in [-0.25, -0.2) is 0 Å². The monoisotopic (exact) mass is 223 g/mol. The van der Waals surface area contributed by atoms with Gasteiger partial charge in [0.05, 0.1) is 0 Å². The normalized spacial score (nSPS) is 9.73. The highest BCUT2D eigenvalue weighted by atomic mass is 32.1. The van der Waals surface area contributed by atoms with Crippen LogP contribution in [0.4, 0.5) is 0 Å². The van der Waals surface area contributed by atoms with Crippen molar-refractivity contribution in [2.45, 2.75) is 6.92 Å². The van der Waals surface area contributed by atoms with Crippen LogP contribution in [0.3, 0.4) is 0 Å². The van der Waals surface area contributed by atoms with Crippen LogP contribution in [0.2, 0.25) is 0 Å². The quantitative estimate of drug-likeness (QED) is 0.770. The Morgan fingerprint density at radius 2 is 2.27 bits per heavy atom. The number of carbonyl (C=O) groups excluding carboxylic acids is 1. The highest BCUT2D eigenvalue weighted by Crippen LogP contribution is 2.03. The molecule has 1 aromatic rings. The molecule has 0 fully saturated rings. The average Bonchev–Trinajstić information content (AvgIpc) is 2.27. The minimum atomic E-state index is -0.105. The van der Waals surface area contributed by atoms with Crippen molar-refractivity contribution in [3.8, 4) is 0 Å². The minimum Gasteiger partial charge on any atom is -0.389 e. The summed E-state index contributed by atoms with van der Waals surface area (Å²) in [5.41, 5.74) is 6.49. The Balaban J connectivity index is 2.89. The smallest absolute Gasteiger partial charge is 0.272 e. The third-order valence-corrected chi connectivity index (χ3v) is 2.32. The van der Waals surface area contributed by atoms with E-state index in [1.807, 2.05) is 6.92 Å². The fourth-order valence-corrected chi connectivity index (χ4v) is 1.13. The molecule has 0 saturated heterocycles. The van der Waals surface area contributed by atoms with Crippen LogP contribution in [0.15, 0.2) is 18.3 Å². The van der Waals surface area contributed by atoms with Crippen LogP contribution in [-0.4, -0.2) is 34.4 Å². The van der Waals surface area contributed by atoms with Crippen molar-refractivity contribution in [3.63, 3.8) is 0 Å². The second kappa shape index (κ2) is 4.84. The fraction of sp³-hybridized carbons (Fsp3) is 0.300. The molecule has 1 heterocycles. The predicted octanol–water partition coefficient (Wildman–Crippen LogP) is 0.808. The first-order valence-electron chi connectivity index (χ1n) is 4.57. The van der Waals surface area contributed by atoms with Gasteiger partial charge in [-0.15, -0.1) is 0 Å². The number of pyridine rings is 1. The van der Waals surface area contributed by atoms with Gasteiger partial charge in [0.15, 0.2) is 0 Å². The van der Waals surface area contributed by atoms with Gasteiger partial charge in [0, 0.05) is 25.4 Å². The van der Waals surface area contributed by atoms with Crippen LogP contribution in [0.1, 0.15) is 23.0 Å². The van der Waals surface area contributed by atoms with E-state index >= 15 is 0 Å². The number of amides is 1. The molecule has 1 rings (SSSR count). The topological polar surface area (TPSA) is 59.2 Å². The zero-order valence-electron chi connectivity index (χ0n) is 8.73. The first-order valence-corrected chi connectivity index (χ1v) is 4.98. The van der Waals surface area contributed by atoms with Crippen LogP contribution in [0, 0.1) is 0 Å². The van der Waals surface area contributed by atoms with E-state index in [-0.39, 0.29) is 10.9 Å². The molecule has 15 heavy (non-hydrogen) atoms. The van der Waals surface area contributed by atoms with Crippen molar-refractivity contribution < 1.29 is 4.79 Å². The van der Waals surface area contributed by atoms with Crippen molar-refractivity contribution in [1.29, 1.82) is 0 Å². The molecule has 1 amide bonds. The molecule has 0 unspecified atom stereocenters. The zero-order valence-corrected chi connectivity index (χ0v) is 9.54. The SMILES string of the molecule is CCN(C)C(=O)c1ccc(C(N)=S)cn1. The zero-order chi connectivity index (χ0) is 11.4. The van der Waals surface area contributed by atoms with Crippen LogP contribution >= 0.6 is 12.2 Å². The third-order valence-electron chi connectivity index (χ3n) is 2.09. The molecule has 0 saturated carbocycles. The third kappa shape index (κ3) is 2.73. The van der Waals surface area contributed by atoms with Gasteiger partial charge in [-0.3, -0.25) is 9.78 Å². The van der Waals surface area contributed by atoms with Crippen LogP contribution in [-0.2, 0) is 0 Å². The Morgan fingerprint density at radius 3 is 2.67 bits per heavy atom. The Bertz CT molecular complexity index is 375. The van der Waals surface area contributed by atoms with E-state index in [0.29, 0.717) is 17.8 Å². The van der Waals surface area contributed by atoms with Crippen molar-refractivity contribution in [3.05, 3.63) is 29.6 Å². The fourth-order valence-electron chi connectivity index (χ4n) is 1.01. The molecule has 0 aliphatic heterocycles. The first kappa shape index (κ1) is 11.6. The van der Waals surface area contributed by atoms with E-state index in [0.717, 1.165) is 0 Å². The van der Waals surface area contributed by atoms with Crippen molar-refractivity contribution in [1.82, 2.24) is 9.88 Å². The molecule has 0 spiro atoms. The largest absolute Gasteiger partial charge is 0.389 e. The molecule has 0 aliphatic rings. The maximum Gasteiger partial charge on any atom is 0.272 e. The highest BCUT2D eigenvalue weighted by molar-refractivity contribution is 7.80. The molecule has 2 N–H and O–H groups in total. The molecule has 0 radical (unpaired) electrons. The summed E-state index contributed by atoms with van der Waals surface area (Å²) in [5, 5.41) is 0. The molecule has 0 bridgehead atoms. The highest BCUT2D eigenvalue weighted by Gasteiger charge is 2.11. The minimum absolute atomic E-state index is 0.105. The van der Waals surface area contributed by atoms with Gasteiger partial charge in [-0.05, 0) is 19.1 Å². The van der Waals surface area contributed by atoms with E-state index in [9.17, 15) is 4.79 Å². The van der Waals surface area contributed by atoms with Gasteiger partial charge < -0.3 is 10.6 Å². The van der Waals surface area contributed by atoms with E-state index in [1.54, 1.807) is 24.1 Å². The summed E-state index contributed by atoms with van der Waals surface area (Å²) in [7, 11) is 1.73. The molecular weight excluding hydrogens is 210 g/mol. The van der Waals surface area contributed by atoms with E-state index in [1.165, 1.54) is 6.20 Å². The van der Waals surface area contributed by atoms with Crippen LogP contribution in [0.25, 0.3) is 0 Å². The Kier molecular flexibility index (Phi) is 3.74. The molecule has 0 aliphatic carbocycles. The summed E-state index contributed by atoms with van der Waals surface area (Å²) in [6.07, 6.45) is 1.51. The van der Waals surface area contributed by atoms with Gasteiger partial charge in [0.25, 0.3) is 5.91 Å².